The molecule has 2 N–H and O–H groups in total. The summed E-state index contributed by atoms with van der Waals surface area (Å²) in [5.74, 6) is -0.752. The highest BCUT2D eigenvalue weighted by atomic mass is 19.1. The summed E-state index contributed by atoms with van der Waals surface area (Å²) in [6.07, 6.45) is 3.62. The summed E-state index contributed by atoms with van der Waals surface area (Å²) in [6.45, 7) is 1.18. The molecule has 3 aromatic rings. The van der Waals surface area contributed by atoms with Crippen molar-refractivity contribution in [1.82, 2.24) is 20.4 Å². The number of rotatable bonds is 7. The molecule has 0 saturated carbocycles. The van der Waals surface area contributed by atoms with E-state index < -0.39 is 11.6 Å². The summed E-state index contributed by atoms with van der Waals surface area (Å²) in [7, 11) is 1.66. The SMILES string of the molecule is CN=C(NCCOc1ccc(F)cc1F)NCc1cccc(-n2cccn2)c1. The molecular formula is C20H21F2N5O. The maximum absolute atomic E-state index is 13.5. The van der Waals surface area contributed by atoms with Gasteiger partial charge in [0.2, 0.25) is 0 Å². The van der Waals surface area contributed by atoms with Crippen molar-refractivity contribution in [1.29, 1.82) is 0 Å². The number of aliphatic imine (C=N–C) groups is 1. The Labute approximate surface area is 161 Å². The van der Waals surface area contributed by atoms with Crippen LogP contribution in [0.2, 0.25) is 0 Å². The van der Waals surface area contributed by atoms with Gasteiger partial charge in [0.15, 0.2) is 17.5 Å². The average molecular weight is 385 g/mol. The molecule has 0 aliphatic rings. The number of hydrogen-bond acceptors (Lipinski definition) is 3. The Hall–Kier alpha value is -3.42. The standard InChI is InChI=1S/C20H21F2N5O/c1-23-20(24-9-11-28-19-7-6-16(21)13-18(19)22)25-14-15-4-2-5-17(12-15)27-10-3-8-26-27/h2-8,10,12-13H,9,11,14H2,1H3,(H2,23,24,25). The Morgan fingerprint density at radius 2 is 2.04 bits per heavy atom. The van der Waals surface area contributed by atoms with Gasteiger partial charge in [-0.15, -0.1) is 0 Å². The maximum atomic E-state index is 13.5. The van der Waals surface area contributed by atoms with Crippen LogP contribution in [0.25, 0.3) is 5.69 Å². The number of ether oxygens (including phenoxy) is 1. The number of aromatic nitrogens is 2. The van der Waals surface area contributed by atoms with Crippen LogP contribution in [0.5, 0.6) is 5.75 Å². The lowest BCUT2D eigenvalue weighted by Crippen LogP contribution is -2.38. The molecule has 0 atom stereocenters. The average Bonchev–Trinajstić information content (AvgIpc) is 3.24. The zero-order chi connectivity index (χ0) is 19.8. The zero-order valence-electron chi connectivity index (χ0n) is 15.4. The van der Waals surface area contributed by atoms with Crippen LogP contribution >= 0.6 is 0 Å². The molecule has 0 aliphatic carbocycles. The molecule has 0 spiro atoms. The lowest BCUT2D eigenvalue weighted by Gasteiger charge is -2.13. The minimum atomic E-state index is -0.723. The summed E-state index contributed by atoms with van der Waals surface area (Å²) in [5.41, 5.74) is 2.04. The number of nitrogens with zero attached hydrogens (tertiary/aromatic N) is 3. The molecule has 146 valence electrons. The van der Waals surface area contributed by atoms with E-state index in [4.69, 9.17) is 4.74 Å². The molecule has 2 aromatic carbocycles. The lowest BCUT2D eigenvalue weighted by atomic mass is 10.2. The van der Waals surface area contributed by atoms with E-state index in [9.17, 15) is 8.78 Å². The molecule has 0 aliphatic heterocycles. The number of nitrogens with one attached hydrogen (secondary N) is 2. The van der Waals surface area contributed by atoms with E-state index in [0.29, 0.717) is 19.0 Å². The Balaban J connectivity index is 1.45. The predicted molar refractivity (Wildman–Crippen MR) is 104 cm³/mol. The third-order valence-electron chi connectivity index (χ3n) is 3.91. The van der Waals surface area contributed by atoms with Crippen LogP contribution < -0.4 is 15.4 Å². The van der Waals surface area contributed by atoms with Crippen LogP contribution in [0.4, 0.5) is 8.78 Å². The third kappa shape index (κ3) is 5.29. The van der Waals surface area contributed by atoms with Crippen LogP contribution in [-0.2, 0) is 6.54 Å². The van der Waals surface area contributed by atoms with E-state index in [-0.39, 0.29) is 12.4 Å². The van der Waals surface area contributed by atoms with Crippen molar-refractivity contribution in [2.45, 2.75) is 6.54 Å². The zero-order valence-corrected chi connectivity index (χ0v) is 15.4. The molecule has 0 unspecified atom stereocenters. The van der Waals surface area contributed by atoms with Crippen molar-refractivity contribution in [3.8, 4) is 11.4 Å². The number of halogens is 2. The third-order valence-corrected chi connectivity index (χ3v) is 3.91. The first-order valence-electron chi connectivity index (χ1n) is 8.77. The molecular weight excluding hydrogens is 364 g/mol. The van der Waals surface area contributed by atoms with E-state index in [1.54, 1.807) is 17.9 Å². The smallest absolute Gasteiger partial charge is 0.191 e. The lowest BCUT2D eigenvalue weighted by molar-refractivity contribution is 0.304. The van der Waals surface area contributed by atoms with Crippen LogP contribution in [0.1, 0.15) is 5.56 Å². The van der Waals surface area contributed by atoms with Gasteiger partial charge in [0.05, 0.1) is 12.2 Å². The van der Waals surface area contributed by atoms with Gasteiger partial charge < -0.3 is 15.4 Å². The summed E-state index contributed by atoms with van der Waals surface area (Å²) in [5, 5.41) is 10.5. The number of hydrogen-bond donors (Lipinski definition) is 2. The Morgan fingerprint density at radius 1 is 1.14 bits per heavy atom. The second-order valence-electron chi connectivity index (χ2n) is 5.90. The van der Waals surface area contributed by atoms with Gasteiger partial charge >= 0.3 is 0 Å². The van der Waals surface area contributed by atoms with Gasteiger partial charge in [0.25, 0.3) is 0 Å². The minimum Gasteiger partial charge on any atom is -0.489 e. The van der Waals surface area contributed by atoms with Crippen LogP contribution in [0.15, 0.2) is 65.9 Å². The Bertz CT molecular complexity index is 928. The summed E-state index contributed by atoms with van der Waals surface area (Å²) < 4.78 is 33.5. The first kappa shape index (κ1) is 19.3. The molecule has 8 heteroatoms. The molecule has 0 saturated heterocycles. The highest BCUT2D eigenvalue weighted by molar-refractivity contribution is 5.79. The Kier molecular flexibility index (Phi) is 6.56. The Morgan fingerprint density at radius 3 is 2.79 bits per heavy atom. The highest BCUT2D eigenvalue weighted by Gasteiger charge is 2.05. The van der Waals surface area contributed by atoms with Gasteiger partial charge in [-0.3, -0.25) is 4.99 Å². The first-order chi connectivity index (χ1) is 13.7. The number of guanidine groups is 1. The molecule has 0 fully saturated rings. The summed E-state index contributed by atoms with van der Waals surface area (Å²) >= 11 is 0. The fourth-order valence-corrected chi connectivity index (χ4v) is 2.56. The molecule has 6 nitrogen and oxygen atoms in total. The van der Waals surface area contributed by atoms with E-state index >= 15 is 0 Å². The van der Waals surface area contributed by atoms with Crippen molar-refractivity contribution < 1.29 is 13.5 Å². The van der Waals surface area contributed by atoms with Crippen molar-refractivity contribution in [2.24, 2.45) is 4.99 Å². The monoisotopic (exact) mass is 385 g/mol. The summed E-state index contributed by atoms with van der Waals surface area (Å²) in [4.78, 5) is 4.15. The molecule has 0 radical (unpaired) electrons. The van der Waals surface area contributed by atoms with Crippen LogP contribution in [0.3, 0.4) is 0 Å². The van der Waals surface area contributed by atoms with E-state index in [1.807, 2.05) is 36.5 Å². The fraction of sp³-hybridized carbons (Fsp3) is 0.200. The topological polar surface area (TPSA) is 63.5 Å². The predicted octanol–water partition coefficient (Wildman–Crippen LogP) is 2.89. The quantitative estimate of drug-likeness (QED) is 0.373. The largest absolute Gasteiger partial charge is 0.489 e. The molecule has 1 aromatic heterocycles. The molecule has 0 bridgehead atoms. The normalized spacial score (nSPS) is 11.3. The summed E-state index contributed by atoms with van der Waals surface area (Å²) in [6, 6.07) is 13.1. The van der Waals surface area contributed by atoms with Gasteiger partial charge in [-0.2, -0.15) is 5.10 Å². The van der Waals surface area contributed by atoms with Gasteiger partial charge in [-0.25, -0.2) is 13.5 Å². The highest BCUT2D eigenvalue weighted by Crippen LogP contribution is 2.17. The van der Waals surface area contributed by atoms with Gasteiger partial charge in [0, 0.05) is 32.1 Å². The van der Waals surface area contributed by atoms with E-state index in [1.165, 1.54) is 6.07 Å². The van der Waals surface area contributed by atoms with Gasteiger partial charge in [-0.1, -0.05) is 12.1 Å². The van der Waals surface area contributed by atoms with Crippen molar-refractivity contribution in [3.63, 3.8) is 0 Å². The maximum Gasteiger partial charge on any atom is 0.191 e. The van der Waals surface area contributed by atoms with Gasteiger partial charge in [-0.05, 0) is 35.9 Å². The van der Waals surface area contributed by atoms with Crippen molar-refractivity contribution in [2.75, 3.05) is 20.2 Å². The van der Waals surface area contributed by atoms with E-state index in [2.05, 4.69) is 20.7 Å². The van der Waals surface area contributed by atoms with Crippen LogP contribution in [-0.4, -0.2) is 35.9 Å². The first-order valence-corrected chi connectivity index (χ1v) is 8.77. The van der Waals surface area contributed by atoms with Crippen LogP contribution in [0, 0.1) is 11.6 Å². The number of benzene rings is 2. The van der Waals surface area contributed by atoms with Crippen molar-refractivity contribution in [3.05, 3.63) is 78.1 Å². The van der Waals surface area contributed by atoms with Gasteiger partial charge in [0.1, 0.15) is 12.4 Å². The van der Waals surface area contributed by atoms with E-state index in [0.717, 1.165) is 23.4 Å². The second kappa shape index (κ2) is 9.50. The fourth-order valence-electron chi connectivity index (χ4n) is 2.56. The molecule has 0 amide bonds. The second-order valence-corrected chi connectivity index (χ2v) is 5.90. The van der Waals surface area contributed by atoms with Crippen molar-refractivity contribution >= 4 is 5.96 Å². The molecule has 3 rings (SSSR count). The minimum absolute atomic E-state index is 0.0154. The molecule has 28 heavy (non-hydrogen) atoms. The molecule has 1 heterocycles.